The van der Waals surface area contributed by atoms with E-state index in [-0.39, 0.29) is 0 Å². The highest BCUT2D eigenvalue weighted by molar-refractivity contribution is 5.51. The third kappa shape index (κ3) is 3.44. The van der Waals surface area contributed by atoms with Crippen molar-refractivity contribution in [3.63, 3.8) is 0 Å². The Bertz CT molecular complexity index is 375. The van der Waals surface area contributed by atoms with Crippen molar-refractivity contribution < 1.29 is 4.79 Å². The summed E-state index contributed by atoms with van der Waals surface area (Å²) in [6.07, 6.45) is 9.89. The Kier molecular flexibility index (Phi) is 4.98. The molecule has 1 heteroatoms. The Morgan fingerprint density at radius 2 is 1.94 bits per heavy atom. The Morgan fingerprint density at radius 3 is 2.61 bits per heavy atom. The molecule has 0 N–H and O–H groups in total. The van der Waals surface area contributed by atoms with Gasteiger partial charge in [0.25, 0.3) is 0 Å². The minimum absolute atomic E-state index is 0.355. The summed E-state index contributed by atoms with van der Waals surface area (Å²) in [4.78, 5) is 10.6. The van der Waals surface area contributed by atoms with Crippen molar-refractivity contribution in [2.45, 2.75) is 63.7 Å². The molecule has 1 unspecified atom stereocenters. The van der Waals surface area contributed by atoms with Gasteiger partial charge in [-0.2, -0.15) is 0 Å². The van der Waals surface area contributed by atoms with Crippen LogP contribution in [-0.4, -0.2) is 6.29 Å². The van der Waals surface area contributed by atoms with Gasteiger partial charge in [-0.25, -0.2) is 0 Å². The molecule has 1 aromatic rings. The molecule has 1 aromatic carbocycles. The summed E-state index contributed by atoms with van der Waals surface area (Å²) in [5.74, 6) is 1.10. The van der Waals surface area contributed by atoms with Crippen LogP contribution in [0.15, 0.2) is 24.3 Å². The van der Waals surface area contributed by atoms with E-state index in [1.54, 1.807) is 0 Å². The van der Waals surface area contributed by atoms with Crippen molar-refractivity contribution in [1.29, 1.82) is 0 Å². The molecular formula is C17H24O. The number of carbonyl (C=O) groups is 1. The molecule has 98 valence electrons. The first-order valence-corrected chi connectivity index (χ1v) is 7.34. The van der Waals surface area contributed by atoms with E-state index in [0.29, 0.717) is 12.3 Å². The van der Waals surface area contributed by atoms with Gasteiger partial charge in [-0.05, 0) is 35.8 Å². The van der Waals surface area contributed by atoms with Crippen molar-refractivity contribution in [2.75, 3.05) is 0 Å². The summed E-state index contributed by atoms with van der Waals surface area (Å²) < 4.78 is 0. The van der Waals surface area contributed by atoms with E-state index in [2.05, 4.69) is 31.2 Å². The second-order valence-electron chi connectivity index (χ2n) is 5.66. The topological polar surface area (TPSA) is 17.1 Å². The zero-order valence-corrected chi connectivity index (χ0v) is 11.4. The molecule has 18 heavy (non-hydrogen) atoms. The number of rotatable bonds is 4. The Hall–Kier alpha value is -1.11. The standard InChI is InChI=1S/C17H24O/c1-14(11-12-18)16-9-6-10-17(13-16)15-7-4-2-3-5-8-15/h6,9-10,12-15H,2-5,7-8,11H2,1H3. The number of benzene rings is 1. The summed E-state index contributed by atoms with van der Waals surface area (Å²) in [7, 11) is 0. The highest BCUT2D eigenvalue weighted by atomic mass is 16.1. The van der Waals surface area contributed by atoms with E-state index in [0.717, 1.165) is 12.2 Å². The predicted molar refractivity (Wildman–Crippen MR) is 76.0 cm³/mol. The molecule has 2 rings (SSSR count). The molecule has 0 heterocycles. The van der Waals surface area contributed by atoms with Gasteiger partial charge in [-0.3, -0.25) is 0 Å². The lowest BCUT2D eigenvalue weighted by Crippen LogP contribution is -2.00. The molecule has 0 aromatic heterocycles. The van der Waals surface area contributed by atoms with Crippen LogP contribution < -0.4 is 0 Å². The lowest BCUT2D eigenvalue weighted by molar-refractivity contribution is -0.108. The maximum Gasteiger partial charge on any atom is 0.120 e. The van der Waals surface area contributed by atoms with Gasteiger partial charge in [0.15, 0.2) is 0 Å². The van der Waals surface area contributed by atoms with Crippen LogP contribution in [0.1, 0.15) is 74.8 Å². The summed E-state index contributed by atoms with van der Waals surface area (Å²) in [5, 5.41) is 0. The van der Waals surface area contributed by atoms with Crippen LogP contribution in [0.5, 0.6) is 0 Å². The first-order valence-electron chi connectivity index (χ1n) is 7.34. The molecule has 0 spiro atoms. The van der Waals surface area contributed by atoms with Gasteiger partial charge >= 0.3 is 0 Å². The second-order valence-corrected chi connectivity index (χ2v) is 5.66. The van der Waals surface area contributed by atoms with Crippen LogP contribution in [0.3, 0.4) is 0 Å². The number of carbonyl (C=O) groups excluding carboxylic acids is 1. The monoisotopic (exact) mass is 244 g/mol. The highest BCUT2D eigenvalue weighted by Gasteiger charge is 2.15. The van der Waals surface area contributed by atoms with E-state index in [4.69, 9.17) is 0 Å². The molecule has 0 radical (unpaired) electrons. The van der Waals surface area contributed by atoms with E-state index in [1.807, 2.05) is 0 Å². The third-order valence-electron chi connectivity index (χ3n) is 4.26. The quantitative estimate of drug-likeness (QED) is 0.548. The second kappa shape index (κ2) is 6.72. The normalized spacial score (nSPS) is 19.2. The Morgan fingerprint density at radius 1 is 1.22 bits per heavy atom. The average molecular weight is 244 g/mol. The third-order valence-corrected chi connectivity index (χ3v) is 4.26. The SMILES string of the molecule is CC(CC=O)c1cccc(C2CCCCCC2)c1. The largest absolute Gasteiger partial charge is 0.303 e. The summed E-state index contributed by atoms with van der Waals surface area (Å²) in [6.45, 7) is 2.14. The van der Waals surface area contributed by atoms with E-state index in [9.17, 15) is 4.79 Å². The zero-order valence-electron chi connectivity index (χ0n) is 11.4. The minimum atomic E-state index is 0.355. The van der Waals surface area contributed by atoms with Crippen molar-refractivity contribution in [3.8, 4) is 0 Å². The molecule has 1 atom stereocenters. The molecule has 0 saturated heterocycles. The lowest BCUT2D eigenvalue weighted by atomic mass is 9.88. The fourth-order valence-electron chi connectivity index (χ4n) is 3.01. The van der Waals surface area contributed by atoms with Crippen LogP contribution in [-0.2, 0) is 4.79 Å². The van der Waals surface area contributed by atoms with Gasteiger partial charge in [0.05, 0.1) is 0 Å². The fraction of sp³-hybridized carbons (Fsp3) is 0.588. The maximum absolute atomic E-state index is 10.6. The molecule has 1 nitrogen and oxygen atoms in total. The van der Waals surface area contributed by atoms with Crippen molar-refractivity contribution in [1.82, 2.24) is 0 Å². The van der Waals surface area contributed by atoms with Gasteiger partial charge < -0.3 is 4.79 Å². The predicted octanol–water partition coefficient (Wildman–Crippen LogP) is 4.82. The van der Waals surface area contributed by atoms with Gasteiger partial charge in [0, 0.05) is 6.42 Å². The average Bonchev–Trinajstić information content (AvgIpc) is 2.68. The van der Waals surface area contributed by atoms with Crippen LogP contribution in [0, 0.1) is 0 Å². The number of hydrogen-bond acceptors (Lipinski definition) is 1. The number of aldehydes is 1. The van der Waals surface area contributed by atoms with Crippen LogP contribution in [0.4, 0.5) is 0 Å². The highest BCUT2D eigenvalue weighted by Crippen LogP contribution is 2.33. The molecule has 1 fully saturated rings. The molecule has 0 aliphatic heterocycles. The lowest BCUT2D eigenvalue weighted by Gasteiger charge is -2.17. The minimum Gasteiger partial charge on any atom is -0.303 e. The van der Waals surface area contributed by atoms with Gasteiger partial charge in [0.2, 0.25) is 0 Å². The zero-order chi connectivity index (χ0) is 12.8. The summed E-state index contributed by atoms with van der Waals surface area (Å²) in [6, 6.07) is 8.93. The van der Waals surface area contributed by atoms with Crippen LogP contribution >= 0.6 is 0 Å². The van der Waals surface area contributed by atoms with Gasteiger partial charge in [-0.15, -0.1) is 0 Å². The van der Waals surface area contributed by atoms with Gasteiger partial charge in [-0.1, -0.05) is 56.9 Å². The molecule has 0 amide bonds. The van der Waals surface area contributed by atoms with E-state index < -0.39 is 0 Å². The molecular weight excluding hydrogens is 220 g/mol. The van der Waals surface area contributed by atoms with Gasteiger partial charge in [0.1, 0.15) is 6.29 Å². The molecule has 1 aliphatic rings. The fourth-order valence-corrected chi connectivity index (χ4v) is 3.01. The van der Waals surface area contributed by atoms with E-state index in [1.165, 1.54) is 49.7 Å². The Labute approximate surface area is 111 Å². The Balaban J connectivity index is 2.12. The first kappa shape index (κ1) is 13.3. The van der Waals surface area contributed by atoms with Crippen molar-refractivity contribution >= 4 is 6.29 Å². The van der Waals surface area contributed by atoms with E-state index >= 15 is 0 Å². The summed E-state index contributed by atoms with van der Waals surface area (Å²) >= 11 is 0. The van der Waals surface area contributed by atoms with Crippen LogP contribution in [0.25, 0.3) is 0 Å². The maximum atomic E-state index is 10.6. The first-order chi connectivity index (χ1) is 8.81. The molecule has 0 bridgehead atoms. The number of hydrogen-bond donors (Lipinski definition) is 0. The van der Waals surface area contributed by atoms with Crippen LogP contribution in [0.2, 0.25) is 0 Å². The van der Waals surface area contributed by atoms with Crippen molar-refractivity contribution in [2.24, 2.45) is 0 Å². The van der Waals surface area contributed by atoms with Crippen molar-refractivity contribution in [3.05, 3.63) is 35.4 Å². The summed E-state index contributed by atoms with van der Waals surface area (Å²) in [5.41, 5.74) is 2.82. The molecule has 1 saturated carbocycles. The molecule has 1 aliphatic carbocycles. The smallest absolute Gasteiger partial charge is 0.120 e.